The summed E-state index contributed by atoms with van der Waals surface area (Å²) in [6, 6.07) is 11.3. The van der Waals surface area contributed by atoms with Crippen molar-refractivity contribution >= 4 is 21.6 Å². The van der Waals surface area contributed by atoms with Crippen molar-refractivity contribution in [2.45, 2.75) is 12.5 Å². The third-order valence-electron chi connectivity index (χ3n) is 3.26. The topological polar surface area (TPSA) is 50.9 Å². The van der Waals surface area contributed by atoms with Crippen LogP contribution >= 0.6 is 11.3 Å². The van der Waals surface area contributed by atoms with E-state index in [1.54, 1.807) is 11.3 Å². The number of rotatable bonds is 4. The number of hydrogen-bond acceptors (Lipinski definition) is 4. The lowest BCUT2D eigenvalue weighted by Gasteiger charge is -2.15. The second-order valence-electron chi connectivity index (χ2n) is 4.67. The van der Waals surface area contributed by atoms with Crippen LogP contribution in [0.3, 0.4) is 0 Å². The van der Waals surface area contributed by atoms with Gasteiger partial charge < -0.3 is 0 Å². The Morgan fingerprint density at radius 2 is 1.95 bits per heavy atom. The van der Waals surface area contributed by atoms with Gasteiger partial charge in [-0.15, -0.1) is 11.3 Å². The summed E-state index contributed by atoms with van der Waals surface area (Å²) in [5.74, 6) is 3.80. The van der Waals surface area contributed by atoms with E-state index in [9.17, 15) is 8.78 Å². The highest BCUT2D eigenvalue weighted by molar-refractivity contribution is 7.18. The molecule has 0 fully saturated rings. The van der Waals surface area contributed by atoms with Crippen LogP contribution in [-0.2, 0) is 6.42 Å². The van der Waals surface area contributed by atoms with Crippen molar-refractivity contribution in [3.8, 4) is 0 Å². The fourth-order valence-electron chi connectivity index (χ4n) is 2.18. The maximum Gasteiger partial charge on any atom is 0.159 e. The average molecular weight is 305 g/mol. The molecule has 0 aliphatic rings. The first-order chi connectivity index (χ1) is 10.2. The van der Waals surface area contributed by atoms with Gasteiger partial charge in [-0.25, -0.2) is 13.8 Å². The van der Waals surface area contributed by atoms with Crippen LogP contribution in [0, 0.1) is 11.6 Å². The van der Waals surface area contributed by atoms with E-state index >= 15 is 0 Å². The first kappa shape index (κ1) is 14.1. The van der Waals surface area contributed by atoms with Gasteiger partial charge in [0.05, 0.1) is 21.3 Å². The molecule has 6 heteroatoms. The van der Waals surface area contributed by atoms with Gasteiger partial charge in [-0.05, 0) is 29.8 Å². The number of nitrogens with zero attached hydrogens (tertiary/aromatic N) is 1. The Hall–Kier alpha value is -1.89. The first-order valence-corrected chi connectivity index (χ1v) is 7.24. The second kappa shape index (κ2) is 5.85. The van der Waals surface area contributed by atoms with Gasteiger partial charge in [0.1, 0.15) is 0 Å². The van der Waals surface area contributed by atoms with E-state index in [2.05, 4.69) is 10.4 Å². The Morgan fingerprint density at radius 1 is 1.14 bits per heavy atom. The quantitative estimate of drug-likeness (QED) is 0.574. The molecule has 1 atom stereocenters. The molecule has 3 aromatic rings. The number of halogens is 2. The molecule has 1 unspecified atom stereocenters. The van der Waals surface area contributed by atoms with Crippen molar-refractivity contribution < 1.29 is 8.78 Å². The fraction of sp³-hybridized carbons (Fsp3) is 0.133. The Balaban J connectivity index is 1.88. The molecule has 0 bridgehead atoms. The van der Waals surface area contributed by atoms with Crippen LogP contribution in [0.1, 0.15) is 16.6 Å². The number of para-hydroxylation sites is 1. The zero-order valence-corrected chi connectivity index (χ0v) is 11.8. The minimum atomic E-state index is -0.878. The highest BCUT2D eigenvalue weighted by Gasteiger charge is 2.15. The summed E-state index contributed by atoms with van der Waals surface area (Å²) in [4.78, 5) is 4.52. The lowest BCUT2D eigenvalue weighted by Crippen LogP contribution is -2.29. The number of fused-ring (bicyclic) bond motifs is 1. The number of aromatic nitrogens is 1. The monoisotopic (exact) mass is 305 g/mol. The molecule has 3 nitrogen and oxygen atoms in total. The number of thiazole rings is 1. The predicted molar refractivity (Wildman–Crippen MR) is 79.7 cm³/mol. The Kier molecular flexibility index (Phi) is 3.92. The van der Waals surface area contributed by atoms with Crippen LogP contribution in [0.25, 0.3) is 10.2 Å². The number of nitrogens with one attached hydrogen (secondary N) is 1. The summed E-state index contributed by atoms with van der Waals surface area (Å²) in [6.07, 6.45) is 0.515. The lowest BCUT2D eigenvalue weighted by atomic mass is 10.0. The molecule has 108 valence electrons. The van der Waals surface area contributed by atoms with E-state index in [1.807, 2.05) is 24.3 Å². The molecule has 0 amide bonds. The van der Waals surface area contributed by atoms with Crippen molar-refractivity contribution in [2.24, 2.45) is 5.84 Å². The van der Waals surface area contributed by atoms with E-state index in [4.69, 9.17) is 5.84 Å². The molecule has 0 radical (unpaired) electrons. The van der Waals surface area contributed by atoms with Gasteiger partial charge in [0.15, 0.2) is 11.6 Å². The molecule has 21 heavy (non-hydrogen) atoms. The Morgan fingerprint density at radius 3 is 2.67 bits per heavy atom. The van der Waals surface area contributed by atoms with Crippen LogP contribution in [0.4, 0.5) is 8.78 Å². The molecule has 1 heterocycles. The molecule has 0 aliphatic heterocycles. The van der Waals surface area contributed by atoms with Crippen LogP contribution in [-0.4, -0.2) is 4.98 Å². The van der Waals surface area contributed by atoms with Gasteiger partial charge in [-0.1, -0.05) is 18.2 Å². The molecule has 3 rings (SSSR count). The minimum Gasteiger partial charge on any atom is -0.271 e. The molecular formula is C15H13F2N3S. The zero-order chi connectivity index (χ0) is 14.8. The summed E-state index contributed by atoms with van der Waals surface area (Å²) in [5, 5.41) is 0.892. The van der Waals surface area contributed by atoms with Crippen molar-refractivity contribution in [1.29, 1.82) is 0 Å². The number of hydrazine groups is 1. The predicted octanol–water partition coefficient (Wildman–Crippen LogP) is 3.32. The van der Waals surface area contributed by atoms with Gasteiger partial charge >= 0.3 is 0 Å². The molecule has 0 aliphatic carbocycles. The van der Waals surface area contributed by atoms with Crippen LogP contribution in [0.2, 0.25) is 0 Å². The van der Waals surface area contributed by atoms with Gasteiger partial charge in [-0.2, -0.15) is 0 Å². The standard InChI is InChI=1S/C15H13F2N3S/c16-10-6-5-9(7-11(10)17)13(20-18)8-15-19-12-3-1-2-4-14(12)21-15/h1-7,13,20H,8,18H2. The second-order valence-corrected chi connectivity index (χ2v) is 5.79. The molecule has 0 saturated carbocycles. The van der Waals surface area contributed by atoms with Crippen molar-refractivity contribution in [1.82, 2.24) is 10.4 Å². The molecule has 2 aromatic carbocycles. The average Bonchev–Trinajstić information content (AvgIpc) is 2.90. The van der Waals surface area contributed by atoms with Crippen LogP contribution in [0.15, 0.2) is 42.5 Å². The van der Waals surface area contributed by atoms with E-state index in [0.717, 1.165) is 27.4 Å². The number of benzene rings is 2. The number of nitrogens with two attached hydrogens (primary N) is 1. The molecule has 0 saturated heterocycles. The largest absolute Gasteiger partial charge is 0.271 e. The third kappa shape index (κ3) is 2.92. The zero-order valence-electron chi connectivity index (χ0n) is 11.0. The van der Waals surface area contributed by atoms with E-state index in [0.29, 0.717) is 12.0 Å². The van der Waals surface area contributed by atoms with E-state index in [-0.39, 0.29) is 6.04 Å². The van der Waals surface area contributed by atoms with Gasteiger partial charge in [0.25, 0.3) is 0 Å². The van der Waals surface area contributed by atoms with Crippen LogP contribution in [0.5, 0.6) is 0 Å². The Labute approximate surface area is 124 Å². The molecular weight excluding hydrogens is 292 g/mol. The van der Waals surface area contributed by atoms with Gasteiger partial charge in [0.2, 0.25) is 0 Å². The third-order valence-corrected chi connectivity index (χ3v) is 4.32. The van der Waals surface area contributed by atoms with Crippen molar-refractivity contribution in [3.63, 3.8) is 0 Å². The summed E-state index contributed by atoms with van der Waals surface area (Å²) in [6.45, 7) is 0. The highest BCUT2D eigenvalue weighted by atomic mass is 32.1. The van der Waals surface area contributed by atoms with E-state index < -0.39 is 11.6 Å². The smallest absolute Gasteiger partial charge is 0.159 e. The maximum atomic E-state index is 13.3. The fourth-order valence-corrected chi connectivity index (χ4v) is 3.20. The highest BCUT2D eigenvalue weighted by Crippen LogP contribution is 2.26. The summed E-state index contributed by atoms with van der Waals surface area (Å²) in [7, 11) is 0. The molecule has 3 N–H and O–H groups in total. The van der Waals surface area contributed by atoms with Crippen molar-refractivity contribution in [2.75, 3.05) is 0 Å². The van der Waals surface area contributed by atoms with Crippen LogP contribution < -0.4 is 11.3 Å². The van der Waals surface area contributed by atoms with E-state index in [1.165, 1.54) is 6.07 Å². The lowest BCUT2D eigenvalue weighted by molar-refractivity contribution is 0.497. The minimum absolute atomic E-state index is 0.319. The summed E-state index contributed by atoms with van der Waals surface area (Å²) >= 11 is 1.57. The van der Waals surface area contributed by atoms with Crippen molar-refractivity contribution in [3.05, 3.63) is 64.7 Å². The first-order valence-electron chi connectivity index (χ1n) is 6.43. The molecule has 0 spiro atoms. The van der Waals surface area contributed by atoms with Gasteiger partial charge in [-0.3, -0.25) is 11.3 Å². The Bertz CT molecular complexity index is 739. The maximum absolute atomic E-state index is 13.3. The summed E-state index contributed by atoms with van der Waals surface area (Å²) < 4.78 is 27.4. The SMILES string of the molecule is NNC(Cc1nc2ccccc2s1)c1ccc(F)c(F)c1. The molecule has 1 aromatic heterocycles. The summed E-state index contributed by atoms with van der Waals surface area (Å²) in [5.41, 5.74) is 4.16. The van der Waals surface area contributed by atoms with Gasteiger partial charge in [0, 0.05) is 6.42 Å². The normalized spacial score (nSPS) is 12.7. The number of hydrogen-bond donors (Lipinski definition) is 2.